The minimum Gasteiger partial charge on any atom is -0.247 e. The van der Waals surface area contributed by atoms with E-state index in [0.717, 1.165) is 28.9 Å². The SMILES string of the molecule is Cc1c(-c2ccc(C3=Cc4ccccc4-c4sc5c6ccccc6c6ccccc6c5c4C3)cc2)cc(-c2ccccc2)nc1-c1ccccc1. The number of aromatic nitrogens is 1. The van der Waals surface area contributed by atoms with Crippen molar-refractivity contribution in [1.29, 1.82) is 0 Å². The molecule has 1 aliphatic rings. The van der Waals surface area contributed by atoms with Gasteiger partial charge in [-0.2, -0.15) is 0 Å². The first kappa shape index (κ1) is 29.8. The molecule has 0 radical (unpaired) electrons. The molecular weight excluding hydrogens is 635 g/mol. The summed E-state index contributed by atoms with van der Waals surface area (Å²) in [4.78, 5) is 6.58. The molecule has 0 saturated carbocycles. The molecule has 0 N–H and O–H groups in total. The molecule has 9 aromatic rings. The molecule has 2 heterocycles. The minimum absolute atomic E-state index is 0.871. The van der Waals surface area contributed by atoms with Gasteiger partial charge in [-0.25, -0.2) is 4.98 Å². The second kappa shape index (κ2) is 12.1. The van der Waals surface area contributed by atoms with E-state index < -0.39 is 0 Å². The maximum atomic E-state index is 5.20. The summed E-state index contributed by atoms with van der Waals surface area (Å²) in [6.07, 6.45) is 3.29. The van der Waals surface area contributed by atoms with E-state index in [2.05, 4.69) is 177 Å². The fraction of sp³-hybridized carbons (Fsp3) is 0.0408. The lowest BCUT2D eigenvalue weighted by Crippen LogP contribution is -1.96. The average Bonchev–Trinajstić information content (AvgIpc) is 3.50. The molecule has 0 fully saturated rings. The third kappa shape index (κ3) is 4.94. The Labute approximate surface area is 301 Å². The molecule has 7 aromatic carbocycles. The van der Waals surface area contributed by atoms with Crippen LogP contribution in [0.15, 0.2) is 164 Å². The van der Waals surface area contributed by atoms with E-state index in [4.69, 9.17) is 4.98 Å². The van der Waals surface area contributed by atoms with E-state index in [1.807, 2.05) is 11.3 Å². The molecular formula is C49H33NS. The third-order valence-electron chi connectivity index (χ3n) is 10.5. The van der Waals surface area contributed by atoms with Crippen LogP contribution in [0.2, 0.25) is 0 Å². The van der Waals surface area contributed by atoms with Gasteiger partial charge in [-0.05, 0) is 73.7 Å². The molecule has 1 nitrogen and oxygen atoms in total. The fourth-order valence-corrected chi connectivity index (χ4v) is 9.45. The van der Waals surface area contributed by atoms with Gasteiger partial charge in [0, 0.05) is 37.9 Å². The highest BCUT2D eigenvalue weighted by molar-refractivity contribution is 7.23. The van der Waals surface area contributed by atoms with E-state index in [0.29, 0.717) is 0 Å². The second-order valence-electron chi connectivity index (χ2n) is 13.5. The summed E-state index contributed by atoms with van der Waals surface area (Å²) in [5, 5.41) is 6.74. The van der Waals surface area contributed by atoms with Gasteiger partial charge in [0.15, 0.2) is 0 Å². The van der Waals surface area contributed by atoms with E-state index >= 15 is 0 Å². The molecule has 0 bridgehead atoms. The van der Waals surface area contributed by atoms with Crippen molar-refractivity contribution in [1.82, 2.24) is 4.98 Å². The summed E-state index contributed by atoms with van der Waals surface area (Å²) in [6, 6.07) is 59.4. The number of thiophene rings is 1. The number of hydrogen-bond donors (Lipinski definition) is 0. The van der Waals surface area contributed by atoms with Crippen LogP contribution >= 0.6 is 11.3 Å². The molecule has 240 valence electrons. The first-order valence-corrected chi connectivity index (χ1v) is 18.4. The van der Waals surface area contributed by atoms with Gasteiger partial charge in [0.2, 0.25) is 0 Å². The number of nitrogens with zero attached hydrogens (tertiary/aromatic N) is 1. The van der Waals surface area contributed by atoms with Gasteiger partial charge in [0.1, 0.15) is 0 Å². The maximum Gasteiger partial charge on any atom is 0.0744 e. The summed E-state index contributed by atoms with van der Waals surface area (Å²) >= 11 is 1.96. The summed E-state index contributed by atoms with van der Waals surface area (Å²) in [7, 11) is 0. The highest BCUT2D eigenvalue weighted by Gasteiger charge is 2.24. The number of benzene rings is 7. The minimum atomic E-state index is 0.871. The van der Waals surface area contributed by atoms with Crippen LogP contribution in [0.4, 0.5) is 0 Å². The van der Waals surface area contributed by atoms with E-state index in [1.165, 1.54) is 81.0 Å². The first-order valence-electron chi connectivity index (χ1n) is 17.6. The number of allylic oxidation sites excluding steroid dienone is 1. The van der Waals surface area contributed by atoms with E-state index in [1.54, 1.807) is 0 Å². The maximum absolute atomic E-state index is 5.20. The fourth-order valence-electron chi connectivity index (χ4n) is 8.03. The lowest BCUT2D eigenvalue weighted by atomic mass is 9.91. The molecule has 51 heavy (non-hydrogen) atoms. The van der Waals surface area contributed by atoms with Gasteiger partial charge in [0.25, 0.3) is 0 Å². The molecule has 0 atom stereocenters. The number of pyridine rings is 1. The van der Waals surface area contributed by atoms with Gasteiger partial charge in [-0.15, -0.1) is 11.3 Å². The Morgan fingerprint density at radius 2 is 1.10 bits per heavy atom. The number of hydrogen-bond acceptors (Lipinski definition) is 2. The normalized spacial score (nSPS) is 12.5. The topological polar surface area (TPSA) is 12.9 Å². The van der Waals surface area contributed by atoms with Crippen molar-refractivity contribution in [2.24, 2.45) is 0 Å². The second-order valence-corrected chi connectivity index (χ2v) is 14.5. The van der Waals surface area contributed by atoms with Gasteiger partial charge in [-0.3, -0.25) is 0 Å². The van der Waals surface area contributed by atoms with Gasteiger partial charge < -0.3 is 0 Å². The van der Waals surface area contributed by atoms with Crippen LogP contribution in [0, 0.1) is 6.92 Å². The zero-order valence-electron chi connectivity index (χ0n) is 28.2. The van der Waals surface area contributed by atoms with Crippen molar-refractivity contribution >= 4 is 54.6 Å². The molecule has 2 aromatic heterocycles. The summed E-state index contributed by atoms with van der Waals surface area (Å²) in [5.41, 5.74) is 14.5. The van der Waals surface area contributed by atoms with E-state index in [9.17, 15) is 0 Å². The average molecular weight is 668 g/mol. The Hall–Kier alpha value is -6.09. The van der Waals surface area contributed by atoms with Crippen LogP contribution in [0.5, 0.6) is 0 Å². The zero-order chi connectivity index (χ0) is 33.9. The Bertz CT molecular complexity index is 2810. The van der Waals surface area contributed by atoms with Crippen molar-refractivity contribution in [3.05, 3.63) is 186 Å². The first-order chi connectivity index (χ1) is 25.2. The monoisotopic (exact) mass is 667 g/mol. The van der Waals surface area contributed by atoms with Gasteiger partial charge >= 0.3 is 0 Å². The van der Waals surface area contributed by atoms with Crippen LogP contribution in [0.25, 0.3) is 87.4 Å². The van der Waals surface area contributed by atoms with Crippen molar-refractivity contribution in [3.8, 4) is 44.1 Å². The largest absolute Gasteiger partial charge is 0.247 e. The summed E-state index contributed by atoms with van der Waals surface area (Å²) < 4.78 is 1.39. The quantitative estimate of drug-likeness (QED) is 0.170. The third-order valence-corrected chi connectivity index (χ3v) is 11.8. The van der Waals surface area contributed by atoms with Gasteiger partial charge in [-0.1, -0.05) is 164 Å². The smallest absolute Gasteiger partial charge is 0.0744 e. The van der Waals surface area contributed by atoms with Gasteiger partial charge in [0.05, 0.1) is 11.4 Å². The predicted octanol–water partition coefficient (Wildman–Crippen LogP) is 13.7. The Balaban J connectivity index is 1.13. The van der Waals surface area contributed by atoms with Crippen LogP contribution in [0.1, 0.15) is 22.3 Å². The van der Waals surface area contributed by atoms with Crippen LogP contribution in [0.3, 0.4) is 0 Å². The molecule has 0 spiro atoms. The van der Waals surface area contributed by atoms with Crippen molar-refractivity contribution in [2.75, 3.05) is 0 Å². The van der Waals surface area contributed by atoms with Crippen molar-refractivity contribution < 1.29 is 0 Å². The van der Waals surface area contributed by atoms with E-state index in [-0.39, 0.29) is 0 Å². The Morgan fingerprint density at radius 1 is 0.510 bits per heavy atom. The zero-order valence-corrected chi connectivity index (χ0v) is 29.0. The predicted molar refractivity (Wildman–Crippen MR) is 219 cm³/mol. The Kier molecular flexibility index (Phi) is 7.04. The molecule has 0 unspecified atom stereocenters. The standard InChI is InChI=1S/C49H33NS/c1-31-43(30-45(34-14-4-2-5-15-34)50-47(31)35-16-6-3-7-17-35)33-26-24-32(25-27-33)37-28-36-18-8-9-19-38(36)48-44(29-37)46-41-22-12-10-20-39(41)40-21-11-13-23-42(40)49(46)51-48/h2-28,30H,29H2,1H3. The molecule has 10 rings (SSSR count). The lowest BCUT2D eigenvalue weighted by molar-refractivity contribution is 1.27. The molecule has 2 heteroatoms. The van der Waals surface area contributed by atoms with Crippen molar-refractivity contribution in [2.45, 2.75) is 13.3 Å². The Morgan fingerprint density at radius 3 is 1.84 bits per heavy atom. The highest BCUT2D eigenvalue weighted by atomic mass is 32.1. The highest BCUT2D eigenvalue weighted by Crippen LogP contribution is 2.50. The summed E-state index contributed by atoms with van der Waals surface area (Å²) in [5.74, 6) is 0. The van der Waals surface area contributed by atoms with Crippen LogP contribution in [-0.4, -0.2) is 4.98 Å². The summed E-state index contributed by atoms with van der Waals surface area (Å²) in [6.45, 7) is 2.20. The number of rotatable bonds is 4. The van der Waals surface area contributed by atoms with Crippen LogP contribution in [-0.2, 0) is 6.42 Å². The lowest BCUT2D eigenvalue weighted by Gasteiger charge is -2.16. The molecule has 0 saturated heterocycles. The van der Waals surface area contributed by atoms with Crippen LogP contribution < -0.4 is 0 Å². The molecule has 0 aliphatic heterocycles. The van der Waals surface area contributed by atoms with Crippen molar-refractivity contribution in [3.63, 3.8) is 0 Å². The molecule has 1 aliphatic carbocycles. The molecule has 0 amide bonds. The number of fused-ring (bicyclic) bond motifs is 10.